The number of benzene rings is 5. The Kier molecular flexibility index (Phi) is 4.23. The summed E-state index contributed by atoms with van der Waals surface area (Å²) in [6.07, 6.45) is 1.88. The van der Waals surface area contributed by atoms with Crippen LogP contribution in [-0.2, 0) is 0 Å². The molecule has 0 radical (unpaired) electrons. The number of para-hydroxylation sites is 1. The van der Waals surface area contributed by atoms with Crippen LogP contribution in [0.25, 0.3) is 76.9 Å². The molecule has 0 N–H and O–H groups in total. The van der Waals surface area contributed by atoms with Gasteiger partial charge in [0.2, 0.25) is 0 Å². The molecule has 0 spiro atoms. The highest BCUT2D eigenvalue weighted by Crippen LogP contribution is 2.38. The third-order valence-corrected chi connectivity index (χ3v) is 7.30. The smallest absolute Gasteiger partial charge is 0.136 e. The summed E-state index contributed by atoms with van der Waals surface area (Å²) in [4.78, 5) is 9.80. The molecule has 0 aliphatic heterocycles. The summed E-state index contributed by atoms with van der Waals surface area (Å²) in [5, 5.41) is 8.15. The number of fused-ring (bicyclic) bond motifs is 8. The molecule has 0 aliphatic rings. The van der Waals surface area contributed by atoms with E-state index in [2.05, 4.69) is 109 Å². The van der Waals surface area contributed by atoms with E-state index < -0.39 is 0 Å². The molecule has 8 aromatic rings. The third kappa shape index (κ3) is 3.08. The van der Waals surface area contributed by atoms with E-state index in [1.807, 2.05) is 12.3 Å². The SMILES string of the molecule is c1ccc2c(c1)ccc1oc3ccc(-c4ccnc(-c5nc6ccccc6c6ccccc56)c4)cc3c12. The predicted octanol–water partition coefficient (Wildman–Crippen LogP) is 9.17. The lowest BCUT2D eigenvalue weighted by Gasteiger charge is -2.10. The van der Waals surface area contributed by atoms with E-state index in [9.17, 15) is 0 Å². The maximum Gasteiger partial charge on any atom is 0.136 e. The number of hydrogen-bond donors (Lipinski definition) is 0. The molecule has 0 bridgehead atoms. The molecule has 37 heavy (non-hydrogen) atoms. The van der Waals surface area contributed by atoms with Crippen molar-refractivity contribution in [3.05, 3.63) is 121 Å². The van der Waals surface area contributed by atoms with Crippen LogP contribution < -0.4 is 0 Å². The summed E-state index contributed by atoms with van der Waals surface area (Å²) >= 11 is 0. The molecule has 0 saturated carbocycles. The second-order valence-electron chi connectivity index (χ2n) is 9.43. The maximum atomic E-state index is 6.21. The number of rotatable bonds is 2. The van der Waals surface area contributed by atoms with Gasteiger partial charge in [-0.15, -0.1) is 0 Å². The first-order valence-corrected chi connectivity index (χ1v) is 12.4. The van der Waals surface area contributed by atoms with Crippen molar-refractivity contribution in [1.29, 1.82) is 0 Å². The molecule has 3 nitrogen and oxygen atoms in total. The Morgan fingerprint density at radius 3 is 2.16 bits per heavy atom. The molecule has 0 fully saturated rings. The van der Waals surface area contributed by atoms with E-state index in [1.165, 1.54) is 16.2 Å². The molecule has 0 amide bonds. The van der Waals surface area contributed by atoms with E-state index >= 15 is 0 Å². The summed E-state index contributed by atoms with van der Waals surface area (Å²) in [7, 11) is 0. The lowest BCUT2D eigenvalue weighted by molar-refractivity contribution is 0.669. The number of furan rings is 1. The van der Waals surface area contributed by atoms with Gasteiger partial charge in [0.25, 0.3) is 0 Å². The van der Waals surface area contributed by atoms with Gasteiger partial charge in [-0.05, 0) is 63.7 Å². The van der Waals surface area contributed by atoms with Gasteiger partial charge in [-0.25, -0.2) is 4.98 Å². The Labute approximate surface area is 212 Å². The van der Waals surface area contributed by atoms with Gasteiger partial charge >= 0.3 is 0 Å². The first-order chi connectivity index (χ1) is 18.3. The fourth-order valence-electron chi connectivity index (χ4n) is 5.57. The molecule has 3 aromatic heterocycles. The first kappa shape index (κ1) is 20.2. The van der Waals surface area contributed by atoms with Gasteiger partial charge < -0.3 is 4.42 Å². The fraction of sp³-hybridized carbons (Fsp3) is 0. The molecule has 0 atom stereocenters. The van der Waals surface area contributed by atoms with Gasteiger partial charge in [-0.2, -0.15) is 0 Å². The minimum Gasteiger partial charge on any atom is -0.456 e. The summed E-state index contributed by atoms with van der Waals surface area (Å²) in [6.45, 7) is 0. The highest BCUT2D eigenvalue weighted by atomic mass is 16.3. The van der Waals surface area contributed by atoms with Gasteiger partial charge in [-0.1, -0.05) is 78.9 Å². The highest BCUT2D eigenvalue weighted by Gasteiger charge is 2.14. The van der Waals surface area contributed by atoms with Crippen LogP contribution in [0.1, 0.15) is 0 Å². The van der Waals surface area contributed by atoms with Crippen molar-refractivity contribution >= 4 is 54.4 Å². The van der Waals surface area contributed by atoms with Crippen molar-refractivity contribution in [3.63, 3.8) is 0 Å². The lowest BCUT2D eigenvalue weighted by atomic mass is 9.98. The summed E-state index contributed by atoms with van der Waals surface area (Å²) in [5.41, 5.74) is 6.76. The second kappa shape index (κ2) is 7.74. The van der Waals surface area contributed by atoms with E-state index in [0.717, 1.165) is 60.7 Å². The molecule has 0 aliphatic carbocycles. The first-order valence-electron chi connectivity index (χ1n) is 12.4. The fourth-order valence-corrected chi connectivity index (χ4v) is 5.57. The largest absolute Gasteiger partial charge is 0.456 e. The van der Waals surface area contributed by atoms with Crippen LogP contribution in [0.2, 0.25) is 0 Å². The molecule has 5 aromatic carbocycles. The van der Waals surface area contributed by atoms with Crippen LogP contribution >= 0.6 is 0 Å². The zero-order chi connectivity index (χ0) is 24.3. The summed E-state index contributed by atoms with van der Waals surface area (Å²) in [6, 6.07) is 40.0. The van der Waals surface area contributed by atoms with Crippen molar-refractivity contribution in [2.75, 3.05) is 0 Å². The molecule has 172 valence electrons. The Morgan fingerprint density at radius 1 is 0.514 bits per heavy atom. The van der Waals surface area contributed by atoms with Crippen molar-refractivity contribution in [1.82, 2.24) is 9.97 Å². The van der Waals surface area contributed by atoms with Crippen molar-refractivity contribution in [2.45, 2.75) is 0 Å². The van der Waals surface area contributed by atoms with Gasteiger partial charge in [-0.3, -0.25) is 4.98 Å². The number of hydrogen-bond acceptors (Lipinski definition) is 3. The maximum absolute atomic E-state index is 6.21. The van der Waals surface area contributed by atoms with Gasteiger partial charge in [0, 0.05) is 27.7 Å². The Balaban J connectivity index is 1.34. The summed E-state index contributed by atoms with van der Waals surface area (Å²) < 4.78 is 6.21. The predicted molar refractivity (Wildman–Crippen MR) is 153 cm³/mol. The van der Waals surface area contributed by atoms with Gasteiger partial charge in [0.1, 0.15) is 11.2 Å². The van der Waals surface area contributed by atoms with Gasteiger partial charge in [0.05, 0.1) is 16.9 Å². The van der Waals surface area contributed by atoms with E-state index in [1.54, 1.807) is 0 Å². The molecule has 3 heterocycles. The molecule has 8 rings (SSSR count). The second-order valence-corrected chi connectivity index (χ2v) is 9.43. The topological polar surface area (TPSA) is 38.9 Å². The van der Waals surface area contributed by atoms with Crippen molar-refractivity contribution in [2.24, 2.45) is 0 Å². The monoisotopic (exact) mass is 472 g/mol. The van der Waals surface area contributed by atoms with Gasteiger partial charge in [0.15, 0.2) is 0 Å². The van der Waals surface area contributed by atoms with Crippen LogP contribution in [0, 0.1) is 0 Å². The highest BCUT2D eigenvalue weighted by molar-refractivity contribution is 6.19. The van der Waals surface area contributed by atoms with E-state index in [4.69, 9.17) is 14.4 Å². The molecule has 0 saturated heterocycles. The van der Waals surface area contributed by atoms with Crippen LogP contribution in [0.4, 0.5) is 0 Å². The standard InChI is InChI=1S/C34H20N2O/c1-2-8-24-21(7-1)13-16-32-33(24)28-19-22(14-15-31(28)37-32)23-17-18-35-30(20-23)34-27-11-4-3-9-25(27)26-10-5-6-12-29(26)36-34/h1-20H. The normalized spacial score (nSPS) is 11.8. The molecular formula is C34H20N2O. The Bertz CT molecular complexity index is 2160. The van der Waals surface area contributed by atoms with Crippen molar-refractivity contribution < 1.29 is 4.42 Å². The Morgan fingerprint density at radius 2 is 1.24 bits per heavy atom. The minimum absolute atomic E-state index is 0.863. The van der Waals surface area contributed by atoms with Crippen LogP contribution in [-0.4, -0.2) is 9.97 Å². The average Bonchev–Trinajstić information content (AvgIpc) is 3.35. The molecule has 0 unspecified atom stereocenters. The Hall–Kier alpha value is -5.02. The number of aromatic nitrogens is 2. The number of nitrogens with zero attached hydrogens (tertiary/aromatic N) is 2. The minimum atomic E-state index is 0.863. The van der Waals surface area contributed by atoms with Crippen molar-refractivity contribution in [3.8, 4) is 22.5 Å². The zero-order valence-electron chi connectivity index (χ0n) is 19.8. The van der Waals surface area contributed by atoms with E-state index in [0.29, 0.717) is 0 Å². The number of pyridine rings is 2. The molecule has 3 heteroatoms. The zero-order valence-corrected chi connectivity index (χ0v) is 19.8. The van der Waals surface area contributed by atoms with E-state index in [-0.39, 0.29) is 0 Å². The van der Waals surface area contributed by atoms with Crippen LogP contribution in [0.5, 0.6) is 0 Å². The van der Waals surface area contributed by atoms with Crippen LogP contribution in [0.15, 0.2) is 126 Å². The molecular weight excluding hydrogens is 452 g/mol. The lowest BCUT2D eigenvalue weighted by Crippen LogP contribution is -1.92. The summed E-state index contributed by atoms with van der Waals surface area (Å²) in [5.74, 6) is 0. The average molecular weight is 473 g/mol. The quantitative estimate of drug-likeness (QED) is 0.235. The third-order valence-electron chi connectivity index (χ3n) is 7.30. The van der Waals surface area contributed by atoms with Crippen LogP contribution in [0.3, 0.4) is 0 Å².